The number of aliphatic hydroxyl groups excluding tert-OH is 2. The average molecular weight is 299 g/mol. The van der Waals surface area contributed by atoms with Gasteiger partial charge in [0.2, 0.25) is 0 Å². The number of nitrogens with zero attached hydrogens (tertiary/aromatic N) is 1. The molecule has 0 saturated carbocycles. The first-order valence-electron chi connectivity index (χ1n) is 8.97. The van der Waals surface area contributed by atoms with E-state index in [0.29, 0.717) is 13.1 Å². The fourth-order valence-electron chi connectivity index (χ4n) is 2.49. The van der Waals surface area contributed by atoms with Gasteiger partial charge in [0.1, 0.15) is 0 Å². The molecule has 3 heteroatoms. The van der Waals surface area contributed by atoms with Crippen LogP contribution in [0, 0.1) is 0 Å². The van der Waals surface area contributed by atoms with Crippen molar-refractivity contribution in [1.82, 2.24) is 4.90 Å². The number of hydrogen-bond donors (Lipinski definition) is 2. The van der Waals surface area contributed by atoms with Gasteiger partial charge in [-0.1, -0.05) is 70.8 Å². The van der Waals surface area contributed by atoms with E-state index in [2.05, 4.69) is 13.0 Å². The predicted octanol–water partition coefficient (Wildman–Crippen LogP) is 4.10. The summed E-state index contributed by atoms with van der Waals surface area (Å²) in [6.45, 7) is 3.76. The van der Waals surface area contributed by atoms with E-state index in [1.165, 1.54) is 64.2 Å². The van der Waals surface area contributed by atoms with Crippen molar-refractivity contribution >= 4 is 0 Å². The van der Waals surface area contributed by atoms with Crippen LogP contribution in [0.1, 0.15) is 77.6 Å². The molecule has 0 amide bonds. The summed E-state index contributed by atoms with van der Waals surface area (Å²) in [4.78, 5) is 1.97. The van der Waals surface area contributed by atoms with E-state index in [1.54, 1.807) is 0 Å². The number of aliphatic hydroxyl groups is 2. The summed E-state index contributed by atoms with van der Waals surface area (Å²) in [6, 6.07) is 0. The zero-order valence-electron chi connectivity index (χ0n) is 14.1. The van der Waals surface area contributed by atoms with E-state index in [-0.39, 0.29) is 13.2 Å². The fourth-order valence-corrected chi connectivity index (χ4v) is 2.49. The first-order chi connectivity index (χ1) is 10.3. The molecule has 2 N–H and O–H groups in total. The Morgan fingerprint density at radius 2 is 1.19 bits per heavy atom. The van der Waals surface area contributed by atoms with Gasteiger partial charge in [0.15, 0.2) is 0 Å². The first kappa shape index (κ1) is 20.5. The number of hydrogen-bond acceptors (Lipinski definition) is 3. The SMILES string of the molecule is CCCCCCCCCCCC/C=C/N(CCO)CCO. The lowest BCUT2D eigenvalue weighted by atomic mass is 10.1. The van der Waals surface area contributed by atoms with Crippen LogP contribution >= 0.6 is 0 Å². The van der Waals surface area contributed by atoms with Gasteiger partial charge in [0, 0.05) is 13.1 Å². The van der Waals surface area contributed by atoms with Crippen LogP contribution in [0.15, 0.2) is 12.3 Å². The van der Waals surface area contributed by atoms with Crippen LogP contribution in [0.2, 0.25) is 0 Å². The van der Waals surface area contributed by atoms with Crippen LogP contribution in [-0.4, -0.2) is 41.4 Å². The van der Waals surface area contributed by atoms with Gasteiger partial charge in [-0.25, -0.2) is 0 Å². The highest BCUT2D eigenvalue weighted by molar-refractivity contribution is 4.82. The maximum Gasteiger partial charge on any atom is 0.0606 e. The summed E-state index contributed by atoms with van der Waals surface area (Å²) in [5.74, 6) is 0. The van der Waals surface area contributed by atoms with Gasteiger partial charge in [-0.15, -0.1) is 0 Å². The lowest BCUT2D eigenvalue weighted by Gasteiger charge is -2.17. The smallest absolute Gasteiger partial charge is 0.0606 e. The van der Waals surface area contributed by atoms with Crippen molar-refractivity contribution in [3.05, 3.63) is 12.3 Å². The molecule has 0 aromatic carbocycles. The summed E-state index contributed by atoms with van der Waals surface area (Å²) in [5.41, 5.74) is 0. The van der Waals surface area contributed by atoms with Crippen molar-refractivity contribution in [3.63, 3.8) is 0 Å². The van der Waals surface area contributed by atoms with Crippen molar-refractivity contribution in [2.75, 3.05) is 26.3 Å². The van der Waals surface area contributed by atoms with E-state index < -0.39 is 0 Å². The number of unbranched alkanes of at least 4 members (excludes halogenated alkanes) is 10. The second-order valence-corrected chi connectivity index (χ2v) is 5.84. The molecule has 0 bridgehead atoms. The number of rotatable bonds is 16. The van der Waals surface area contributed by atoms with Crippen LogP contribution in [-0.2, 0) is 0 Å². The molecule has 0 unspecified atom stereocenters. The molecule has 0 heterocycles. The molecule has 0 aliphatic rings. The predicted molar refractivity (Wildman–Crippen MR) is 91.3 cm³/mol. The Morgan fingerprint density at radius 1 is 0.714 bits per heavy atom. The minimum absolute atomic E-state index is 0.141. The minimum atomic E-state index is 0.141. The Kier molecular flexibility index (Phi) is 17.1. The second kappa shape index (κ2) is 17.5. The summed E-state index contributed by atoms with van der Waals surface area (Å²) >= 11 is 0. The highest BCUT2D eigenvalue weighted by Crippen LogP contribution is 2.11. The molecule has 126 valence electrons. The van der Waals surface area contributed by atoms with E-state index >= 15 is 0 Å². The minimum Gasteiger partial charge on any atom is -0.395 e. The standard InChI is InChI=1S/C18H37NO2/c1-2-3-4-5-6-7-8-9-10-11-12-13-14-19(15-17-20)16-18-21/h13-14,20-21H,2-12,15-18H2,1H3/b14-13+. The molecule has 21 heavy (non-hydrogen) atoms. The van der Waals surface area contributed by atoms with Crippen LogP contribution in [0.4, 0.5) is 0 Å². The maximum absolute atomic E-state index is 8.90. The van der Waals surface area contributed by atoms with Crippen molar-refractivity contribution in [3.8, 4) is 0 Å². The van der Waals surface area contributed by atoms with E-state index in [4.69, 9.17) is 10.2 Å². The van der Waals surface area contributed by atoms with Crippen LogP contribution in [0.25, 0.3) is 0 Å². The van der Waals surface area contributed by atoms with Gasteiger partial charge in [-0.3, -0.25) is 0 Å². The van der Waals surface area contributed by atoms with Gasteiger partial charge in [0.25, 0.3) is 0 Å². The maximum atomic E-state index is 8.90. The van der Waals surface area contributed by atoms with Crippen molar-refractivity contribution < 1.29 is 10.2 Å². The molecule has 0 saturated heterocycles. The summed E-state index contributed by atoms with van der Waals surface area (Å²) in [7, 11) is 0. The van der Waals surface area contributed by atoms with Crippen molar-refractivity contribution in [2.45, 2.75) is 77.6 Å². The monoisotopic (exact) mass is 299 g/mol. The summed E-state index contributed by atoms with van der Waals surface area (Å²) in [5, 5.41) is 17.8. The molecule has 0 fully saturated rings. The third-order valence-electron chi connectivity index (χ3n) is 3.81. The van der Waals surface area contributed by atoms with Crippen LogP contribution in [0.3, 0.4) is 0 Å². The lowest BCUT2D eigenvalue weighted by Crippen LogP contribution is -2.24. The molecule has 0 atom stereocenters. The van der Waals surface area contributed by atoms with Gasteiger partial charge in [-0.2, -0.15) is 0 Å². The highest BCUT2D eigenvalue weighted by Gasteiger charge is 1.96. The Morgan fingerprint density at radius 3 is 1.67 bits per heavy atom. The first-order valence-corrected chi connectivity index (χ1v) is 8.97. The zero-order chi connectivity index (χ0) is 15.6. The lowest BCUT2D eigenvalue weighted by molar-refractivity contribution is 0.198. The van der Waals surface area contributed by atoms with Crippen LogP contribution < -0.4 is 0 Å². The molecular weight excluding hydrogens is 262 g/mol. The van der Waals surface area contributed by atoms with Gasteiger partial charge < -0.3 is 15.1 Å². The van der Waals surface area contributed by atoms with Gasteiger partial charge in [-0.05, 0) is 19.0 Å². The zero-order valence-corrected chi connectivity index (χ0v) is 14.1. The van der Waals surface area contributed by atoms with Gasteiger partial charge >= 0.3 is 0 Å². The van der Waals surface area contributed by atoms with E-state index in [0.717, 1.165) is 6.42 Å². The Balaban J connectivity index is 3.30. The largest absolute Gasteiger partial charge is 0.395 e. The third-order valence-corrected chi connectivity index (χ3v) is 3.81. The third kappa shape index (κ3) is 15.7. The summed E-state index contributed by atoms with van der Waals surface area (Å²) in [6.07, 6.45) is 19.0. The topological polar surface area (TPSA) is 43.7 Å². The van der Waals surface area contributed by atoms with Crippen molar-refractivity contribution in [1.29, 1.82) is 0 Å². The quantitative estimate of drug-likeness (QED) is 0.422. The summed E-state index contributed by atoms with van der Waals surface area (Å²) < 4.78 is 0. The molecule has 3 nitrogen and oxygen atoms in total. The Bertz CT molecular complexity index is 213. The molecule has 0 radical (unpaired) electrons. The molecular formula is C18H37NO2. The fraction of sp³-hybridized carbons (Fsp3) is 0.889. The van der Waals surface area contributed by atoms with E-state index in [9.17, 15) is 0 Å². The molecule has 0 rings (SSSR count). The highest BCUT2D eigenvalue weighted by atomic mass is 16.3. The normalized spacial score (nSPS) is 11.4. The van der Waals surface area contributed by atoms with Gasteiger partial charge in [0.05, 0.1) is 13.2 Å². The molecule has 0 aliphatic heterocycles. The van der Waals surface area contributed by atoms with E-state index in [1.807, 2.05) is 11.1 Å². The molecule has 0 aromatic rings. The van der Waals surface area contributed by atoms with Crippen LogP contribution in [0.5, 0.6) is 0 Å². The van der Waals surface area contributed by atoms with Crippen molar-refractivity contribution in [2.24, 2.45) is 0 Å². The Labute approximate surface area is 132 Å². The molecule has 0 aromatic heterocycles. The Hall–Kier alpha value is -0.540. The average Bonchev–Trinajstić information content (AvgIpc) is 2.48. The second-order valence-electron chi connectivity index (χ2n) is 5.84. The number of allylic oxidation sites excluding steroid dienone is 1. The molecule has 0 spiro atoms. The molecule has 0 aliphatic carbocycles.